The van der Waals surface area contributed by atoms with Crippen molar-refractivity contribution in [3.63, 3.8) is 0 Å². The van der Waals surface area contributed by atoms with E-state index in [2.05, 4.69) is 5.32 Å². The number of rotatable bonds is 6. The summed E-state index contributed by atoms with van der Waals surface area (Å²) in [6.07, 6.45) is 2.22. The maximum atomic E-state index is 13.5. The monoisotopic (exact) mass is 426 g/mol. The Hall–Kier alpha value is -3.67. The molecule has 5 rings (SSSR count). The van der Waals surface area contributed by atoms with Crippen LogP contribution >= 0.6 is 0 Å². The van der Waals surface area contributed by atoms with Crippen molar-refractivity contribution in [3.05, 3.63) is 83.2 Å². The summed E-state index contributed by atoms with van der Waals surface area (Å²) in [7, 11) is 1.64. The molecule has 0 spiro atoms. The van der Waals surface area contributed by atoms with Crippen LogP contribution < -0.4 is 10.1 Å². The van der Waals surface area contributed by atoms with E-state index in [-0.39, 0.29) is 11.9 Å². The van der Waals surface area contributed by atoms with Gasteiger partial charge in [-0.25, -0.2) is 9.67 Å². The fraction of sp³-hybridized carbons (Fsp3) is 0.269. The van der Waals surface area contributed by atoms with Crippen molar-refractivity contribution in [2.24, 2.45) is 0 Å². The zero-order valence-electron chi connectivity index (χ0n) is 18.5. The number of fused-ring (bicyclic) bond motifs is 1. The molecule has 2 aromatic carbocycles. The molecule has 0 bridgehead atoms. The number of ether oxygens (including phenoxy) is 1. The van der Waals surface area contributed by atoms with Crippen molar-refractivity contribution < 1.29 is 9.53 Å². The first-order valence-electron chi connectivity index (χ1n) is 11.0. The molecule has 1 aliphatic rings. The van der Waals surface area contributed by atoms with E-state index in [4.69, 9.17) is 14.8 Å². The topological polar surface area (TPSA) is 69.0 Å². The molecule has 0 saturated heterocycles. The molecule has 2 heterocycles. The van der Waals surface area contributed by atoms with E-state index in [1.807, 2.05) is 79.2 Å². The summed E-state index contributed by atoms with van der Waals surface area (Å²) in [5.74, 6) is 1.10. The third-order valence-corrected chi connectivity index (χ3v) is 6.04. The number of carbonyl (C=O) groups is 1. The molecular weight excluding hydrogens is 400 g/mol. The Labute approximate surface area is 187 Å². The van der Waals surface area contributed by atoms with Crippen molar-refractivity contribution in [1.82, 2.24) is 20.1 Å². The van der Waals surface area contributed by atoms with Crippen LogP contribution in [0.1, 0.15) is 59.0 Å². The van der Waals surface area contributed by atoms with E-state index in [9.17, 15) is 4.79 Å². The molecule has 0 aliphatic heterocycles. The third-order valence-electron chi connectivity index (χ3n) is 6.04. The average molecular weight is 427 g/mol. The maximum Gasteiger partial charge on any atom is 0.252 e. The Morgan fingerprint density at radius 1 is 1.12 bits per heavy atom. The summed E-state index contributed by atoms with van der Waals surface area (Å²) >= 11 is 0. The van der Waals surface area contributed by atoms with Gasteiger partial charge in [0.1, 0.15) is 5.75 Å². The van der Waals surface area contributed by atoms with Gasteiger partial charge < -0.3 is 10.1 Å². The number of nitrogens with one attached hydrogen (secondary N) is 1. The summed E-state index contributed by atoms with van der Waals surface area (Å²) < 4.78 is 7.08. The van der Waals surface area contributed by atoms with E-state index in [0.29, 0.717) is 11.5 Å². The lowest BCUT2D eigenvalue weighted by Gasteiger charge is -2.16. The lowest BCUT2D eigenvalue weighted by Crippen LogP contribution is -2.27. The van der Waals surface area contributed by atoms with Gasteiger partial charge in [-0.05, 0) is 62.6 Å². The third kappa shape index (κ3) is 3.73. The first-order valence-corrected chi connectivity index (χ1v) is 11.0. The minimum Gasteiger partial charge on any atom is -0.497 e. The fourth-order valence-electron chi connectivity index (χ4n) is 4.08. The molecule has 1 amide bonds. The molecule has 1 saturated carbocycles. The molecule has 162 valence electrons. The lowest BCUT2D eigenvalue weighted by molar-refractivity contribution is 0.0941. The van der Waals surface area contributed by atoms with Crippen molar-refractivity contribution in [2.45, 2.75) is 38.6 Å². The highest BCUT2D eigenvalue weighted by molar-refractivity contribution is 6.07. The Morgan fingerprint density at radius 3 is 2.50 bits per heavy atom. The van der Waals surface area contributed by atoms with Crippen LogP contribution in [0.4, 0.5) is 0 Å². The van der Waals surface area contributed by atoms with Crippen LogP contribution in [0.2, 0.25) is 0 Å². The van der Waals surface area contributed by atoms with Crippen LogP contribution in [0.3, 0.4) is 0 Å². The van der Waals surface area contributed by atoms with Gasteiger partial charge in [-0.3, -0.25) is 4.79 Å². The summed E-state index contributed by atoms with van der Waals surface area (Å²) in [6, 6.07) is 19.5. The number of carbonyl (C=O) groups excluding carboxylic acids is 1. The first kappa shape index (κ1) is 20.2. The predicted octanol–water partition coefficient (Wildman–Crippen LogP) is 5.11. The molecule has 1 fully saturated rings. The van der Waals surface area contributed by atoms with E-state index in [1.165, 1.54) is 0 Å². The number of aromatic nitrogens is 3. The van der Waals surface area contributed by atoms with Crippen molar-refractivity contribution in [3.8, 4) is 11.4 Å². The van der Waals surface area contributed by atoms with Crippen LogP contribution in [-0.2, 0) is 0 Å². The zero-order valence-corrected chi connectivity index (χ0v) is 18.5. The Bertz CT molecular complexity index is 1270. The molecule has 32 heavy (non-hydrogen) atoms. The maximum absolute atomic E-state index is 13.5. The van der Waals surface area contributed by atoms with E-state index in [0.717, 1.165) is 52.3 Å². The molecular formula is C26H26N4O2. The normalized spacial score (nSPS) is 14.3. The van der Waals surface area contributed by atoms with Crippen LogP contribution in [0.15, 0.2) is 60.7 Å². The first-order chi connectivity index (χ1) is 15.5. The van der Waals surface area contributed by atoms with Gasteiger partial charge in [0.25, 0.3) is 5.91 Å². The number of amides is 1. The molecule has 4 aromatic rings. The number of hydrogen-bond acceptors (Lipinski definition) is 4. The van der Waals surface area contributed by atoms with E-state index >= 15 is 0 Å². The molecule has 0 radical (unpaired) electrons. The van der Waals surface area contributed by atoms with Crippen molar-refractivity contribution in [2.75, 3.05) is 7.11 Å². The van der Waals surface area contributed by atoms with Crippen LogP contribution in [-0.4, -0.2) is 27.8 Å². The smallest absolute Gasteiger partial charge is 0.252 e. The van der Waals surface area contributed by atoms with Crippen LogP contribution in [0.25, 0.3) is 16.7 Å². The van der Waals surface area contributed by atoms with Gasteiger partial charge in [0, 0.05) is 11.6 Å². The van der Waals surface area contributed by atoms with Crippen LogP contribution in [0, 0.1) is 6.92 Å². The summed E-state index contributed by atoms with van der Waals surface area (Å²) in [5, 5.41) is 8.70. The fourth-order valence-corrected chi connectivity index (χ4v) is 4.08. The van der Waals surface area contributed by atoms with E-state index < -0.39 is 0 Å². The summed E-state index contributed by atoms with van der Waals surface area (Å²) in [5.41, 5.74) is 5.09. The molecule has 2 aromatic heterocycles. The number of benzene rings is 2. The highest BCUT2D eigenvalue weighted by Crippen LogP contribution is 2.40. The SMILES string of the molecule is COc1ccc([C@H](C)NC(=O)c2cc(C3CC3)nc3c2c(C)nn3-c2ccccc2)cc1. The molecule has 0 unspecified atom stereocenters. The molecule has 1 N–H and O–H groups in total. The molecule has 1 aliphatic carbocycles. The molecule has 1 atom stereocenters. The van der Waals surface area contributed by atoms with Gasteiger partial charge in [-0.1, -0.05) is 30.3 Å². The van der Waals surface area contributed by atoms with E-state index in [1.54, 1.807) is 7.11 Å². The number of para-hydroxylation sites is 1. The highest BCUT2D eigenvalue weighted by Gasteiger charge is 2.29. The highest BCUT2D eigenvalue weighted by atomic mass is 16.5. The van der Waals surface area contributed by atoms with Crippen molar-refractivity contribution >= 4 is 16.9 Å². The van der Waals surface area contributed by atoms with Gasteiger partial charge in [0.15, 0.2) is 5.65 Å². The molecule has 6 nitrogen and oxygen atoms in total. The minimum atomic E-state index is -0.148. The van der Waals surface area contributed by atoms with Crippen molar-refractivity contribution in [1.29, 1.82) is 0 Å². The summed E-state index contributed by atoms with van der Waals surface area (Å²) in [6.45, 7) is 3.92. The lowest BCUT2D eigenvalue weighted by atomic mass is 10.0. The standard InChI is InChI=1S/C26H26N4O2/c1-16(18-11-13-21(32-3)14-12-18)27-26(31)22-15-23(19-9-10-19)28-25-24(22)17(2)29-30(25)20-7-5-4-6-8-20/h4-8,11-16,19H,9-10H2,1-3H3,(H,27,31)/t16-/m0/s1. The number of hydrogen-bond donors (Lipinski definition) is 1. The largest absolute Gasteiger partial charge is 0.497 e. The van der Waals surface area contributed by atoms with Gasteiger partial charge in [0.05, 0.1) is 35.5 Å². The zero-order chi connectivity index (χ0) is 22.2. The Balaban J connectivity index is 1.55. The Kier molecular flexibility index (Phi) is 5.13. The van der Waals surface area contributed by atoms with Crippen LogP contribution in [0.5, 0.6) is 5.75 Å². The second-order valence-corrected chi connectivity index (χ2v) is 8.37. The average Bonchev–Trinajstić information content (AvgIpc) is 3.62. The molecule has 6 heteroatoms. The number of methoxy groups -OCH3 is 1. The van der Waals surface area contributed by atoms with Gasteiger partial charge >= 0.3 is 0 Å². The Morgan fingerprint density at radius 2 is 1.84 bits per heavy atom. The number of pyridine rings is 1. The second kappa shape index (κ2) is 8.11. The van der Waals surface area contributed by atoms with Gasteiger partial charge in [-0.15, -0.1) is 0 Å². The number of nitrogens with zero attached hydrogens (tertiary/aromatic N) is 3. The van der Waals surface area contributed by atoms with Gasteiger partial charge in [-0.2, -0.15) is 5.10 Å². The second-order valence-electron chi connectivity index (χ2n) is 8.37. The predicted molar refractivity (Wildman–Crippen MR) is 124 cm³/mol. The minimum absolute atomic E-state index is 0.113. The number of aryl methyl sites for hydroxylation is 1. The quantitative estimate of drug-likeness (QED) is 0.465. The van der Waals surface area contributed by atoms with Gasteiger partial charge in [0.2, 0.25) is 0 Å². The summed E-state index contributed by atoms with van der Waals surface area (Å²) in [4.78, 5) is 18.4.